The Bertz CT molecular complexity index is 1080. The van der Waals surface area contributed by atoms with E-state index < -0.39 is 0 Å². The lowest BCUT2D eigenvalue weighted by Crippen LogP contribution is -2.29. The SMILES string of the molecule is Cc1cc(C)c2sc(N(Cc3ccco3)C(=O)c3ccc(Cl)s3)nc2c1. The van der Waals surface area contributed by atoms with Gasteiger partial charge in [0.15, 0.2) is 5.13 Å². The predicted molar refractivity (Wildman–Crippen MR) is 108 cm³/mol. The van der Waals surface area contributed by atoms with E-state index in [0.29, 0.717) is 26.7 Å². The number of carbonyl (C=O) groups excluding carboxylic acids is 1. The molecule has 0 radical (unpaired) electrons. The summed E-state index contributed by atoms with van der Waals surface area (Å²) in [5.74, 6) is 0.569. The number of aryl methyl sites for hydroxylation is 2. The maximum Gasteiger partial charge on any atom is 0.270 e. The highest BCUT2D eigenvalue weighted by Crippen LogP contribution is 2.34. The first kappa shape index (κ1) is 17.3. The van der Waals surface area contributed by atoms with Crippen molar-refractivity contribution in [1.82, 2.24) is 4.98 Å². The highest BCUT2D eigenvalue weighted by atomic mass is 35.5. The van der Waals surface area contributed by atoms with Crippen LogP contribution in [0.2, 0.25) is 4.34 Å². The van der Waals surface area contributed by atoms with Gasteiger partial charge in [-0.15, -0.1) is 11.3 Å². The van der Waals surface area contributed by atoms with E-state index in [4.69, 9.17) is 21.0 Å². The smallest absolute Gasteiger partial charge is 0.270 e. The second-order valence-electron chi connectivity index (χ2n) is 6.00. The first-order valence-corrected chi connectivity index (χ1v) is 10.00. The molecule has 0 unspecified atom stereocenters. The van der Waals surface area contributed by atoms with Crippen LogP contribution in [0.3, 0.4) is 0 Å². The number of thiophene rings is 1. The van der Waals surface area contributed by atoms with E-state index in [1.54, 1.807) is 23.3 Å². The number of halogens is 1. The zero-order valence-corrected chi connectivity index (χ0v) is 16.5. The Balaban J connectivity index is 1.79. The normalized spacial score (nSPS) is 11.2. The molecular weight excluding hydrogens is 388 g/mol. The fraction of sp³-hybridized carbons (Fsp3) is 0.158. The van der Waals surface area contributed by atoms with E-state index in [2.05, 4.69) is 13.0 Å². The Morgan fingerprint density at radius 3 is 2.77 bits per heavy atom. The van der Waals surface area contributed by atoms with Crippen LogP contribution >= 0.6 is 34.3 Å². The topological polar surface area (TPSA) is 46.3 Å². The summed E-state index contributed by atoms with van der Waals surface area (Å²) in [5.41, 5.74) is 3.22. The van der Waals surface area contributed by atoms with E-state index in [-0.39, 0.29) is 5.91 Å². The highest BCUT2D eigenvalue weighted by Gasteiger charge is 2.24. The lowest BCUT2D eigenvalue weighted by molar-refractivity contribution is 0.0987. The minimum Gasteiger partial charge on any atom is -0.467 e. The molecule has 7 heteroatoms. The number of fused-ring (bicyclic) bond motifs is 1. The van der Waals surface area contributed by atoms with Crippen LogP contribution in [0.15, 0.2) is 47.1 Å². The zero-order chi connectivity index (χ0) is 18.3. The van der Waals surface area contributed by atoms with Gasteiger partial charge < -0.3 is 4.42 Å². The Morgan fingerprint density at radius 1 is 1.23 bits per heavy atom. The van der Waals surface area contributed by atoms with E-state index in [9.17, 15) is 4.79 Å². The molecule has 3 aromatic heterocycles. The molecule has 0 saturated heterocycles. The van der Waals surface area contributed by atoms with Gasteiger partial charge in [-0.05, 0) is 55.3 Å². The number of amides is 1. The molecule has 0 atom stereocenters. The quantitative estimate of drug-likeness (QED) is 0.416. The highest BCUT2D eigenvalue weighted by molar-refractivity contribution is 7.22. The molecule has 3 heterocycles. The van der Waals surface area contributed by atoms with Crippen molar-refractivity contribution in [2.45, 2.75) is 20.4 Å². The van der Waals surface area contributed by atoms with Crippen LogP contribution in [0.5, 0.6) is 0 Å². The Labute approximate surface area is 163 Å². The number of nitrogens with zero attached hydrogens (tertiary/aromatic N) is 2. The fourth-order valence-corrected chi connectivity index (χ4v) is 4.83. The number of benzene rings is 1. The summed E-state index contributed by atoms with van der Waals surface area (Å²) in [6.07, 6.45) is 1.60. The largest absolute Gasteiger partial charge is 0.467 e. The zero-order valence-electron chi connectivity index (χ0n) is 14.2. The number of hydrogen-bond donors (Lipinski definition) is 0. The van der Waals surface area contributed by atoms with Crippen LogP contribution in [0, 0.1) is 13.8 Å². The molecule has 0 aliphatic heterocycles. The number of hydrogen-bond acceptors (Lipinski definition) is 5. The van der Waals surface area contributed by atoms with Gasteiger partial charge in [0.05, 0.1) is 32.2 Å². The number of thiazole rings is 1. The van der Waals surface area contributed by atoms with Crippen LogP contribution in [0.4, 0.5) is 5.13 Å². The average Bonchev–Trinajstić information content (AvgIpc) is 3.32. The maximum atomic E-state index is 13.1. The molecule has 0 fully saturated rings. The molecule has 0 spiro atoms. The van der Waals surface area contributed by atoms with Crippen LogP contribution in [0.1, 0.15) is 26.6 Å². The third-order valence-electron chi connectivity index (χ3n) is 3.96. The first-order valence-electron chi connectivity index (χ1n) is 7.98. The van der Waals surface area contributed by atoms with Gasteiger partial charge in [0, 0.05) is 0 Å². The summed E-state index contributed by atoms with van der Waals surface area (Å²) >= 11 is 8.80. The summed E-state index contributed by atoms with van der Waals surface area (Å²) < 4.78 is 7.13. The molecule has 4 aromatic rings. The second-order valence-corrected chi connectivity index (χ2v) is 8.69. The van der Waals surface area contributed by atoms with Gasteiger partial charge in [-0.25, -0.2) is 4.98 Å². The average molecular weight is 403 g/mol. The van der Waals surface area contributed by atoms with Crippen LogP contribution in [-0.4, -0.2) is 10.9 Å². The number of carbonyl (C=O) groups is 1. The van der Waals surface area contributed by atoms with Gasteiger partial charge in [0.25, 0.3) is 5.91 Å². The summed E-state index contributed by atoms with van der Waals surface area (Å²) in [7, 11) is 0. The van der Waals surface area contributed by atoms with Gasteiger partial charge >= 0.3 is 0 Å². The van der Waals surface area contributed by atoms with E-state index in [1.165, 1.54) is 22.7 Å². The standard InChI is InChI=1S/C19H15ClN2O2S2/c1-11-8-12(2)17-14(9-11)21-19(26-17)22(10-13-4-3-7-24-13)18(23)15-5-6-16(20)25-15/h3-9H,10H2,1-2H3. The minimum absolute atomic E-state index is 0.133. The molecule has 4 nitrogen and oxygen atoms in total. The van der Waals surface area contributed by atoms with E-state index in [0.717, 1.165) is 21.3 Å². The van der Waals surface area contributed by atoms with Crippen molar-refractivity contribution in [3.63, 3.8) is 0 Å². The van der Waals surface area contributed by atoms with Gasteiger partial charge in [0.2, 0.25) is 0 Å². The summed E-state index contributed by atoms with van der Waals surface area (Å²) in [5, 5.41) is 0.652. The molecule has 0 bridgehead atoms. The summed E-state index contributed by atoms with van der Waals surface area (Å²) in [4.78, 5) is 20.1. The van der Waals surface area contributed by atoms with Crippen molar-refractivity contribution in [3.05, 3.63) is 68.8 Å². The van der Waals surface area contributed by atoms with Crippen molar-refractivity contribution >= 4 is 55.5 Å². The third-order valence-corrected chi connectivity index (χ3v) is 6.41. The molecule has 0 aliphatic carbocycles. The van der Waals surface area contributed by atoms with E-state index in [1.807, 2.05) is 25.1 Å². The lowest BCUT2D eigenvalue weighted by atomic mass is 10.1. The number of rotatable bonds is 4. The van der Waals surface area contributed by atoms with E-state index >= 15 is 0 Å². The number of furan rings is 1. The van der Waals surface area contributed by atoms with Gasteiger partial charge in [0.1, 0.15) is 5.76 Å². The van der Waals surface area contributed by atoms with Crippen molar-refractivity contribution in [1.29, 1.82) is 0 Å². The minimum atomic E-state index is -0.133. The molecule has 26 heavy (non-hydrogen) atoms. The lowest BCUT2D eigenvalue weighted by Gasteiger charge is -2.17. The van der Waals surface area contributed by atoms with Gasteiger partial charge in [-0.2, -0.15) is 0 Å². The summed E-state index contributed by atoms with van der Waals surface area (Å²) in [6.45, 7) is 4.43. The predicted octanol–water partition coefficient (Wildman–Crippen LogP) is 6.07. The first-order chi connectivity index (χ1) is 12.5. The maximum absolute atomic E-state index is 13.1. The van der Waals surface area contributed by atoms with Crippen LogP contribution in [-0.2, 0) is 6.54 Å². The van der Waals surface area contributed by atoms with Crippen LogP contribution in [0.25, 0.3) is 10.2 Å². The molecule has 0 aliphatic rings. The Morgan fingerprint density at radius 2 is 2.08 bits per heavy atom. The summed E-state index contributed by atoms with van der Waals surface area (Å²) in [6, 6.07) is 11.3. The molecular formula is C19H15ClN2O2S2. The molecule has 0 saturated carbocycles. The Kier molecular flexibility index (Phi) is 4.56. The molecule has 1 aromatic carbocycles. The van der Waals surface area contributed by atoms with Crippen molar-refractivity contribution in [2.75, 3.05) is 4.90 Å². The van der Waals surface area contributed by atoms with Crippen molar-refractivity contribution in [3.8, 4) is 0 Å². The van der Waals surface area contributed by atoms with Gasteiger partial charge in [-0.1, -0.05) is 29.0 Å². The second kappa shape index (κ2) is 6.87. The molecule has 4 rings (SSSR count). The van der Waals surface area contributed by atoms with Crippen molar-refractivity contribution < 1.29 is 9.21 Å². The molecule has 0 N–H and O–H groups in total. The Hall–Kier alpha value is -2.15. The molecule has 132 valence electrons. The monoisotopic (exact) mass is 402 g/mol. The molecule has 1 amide bonds. The van der Waals surface area contributed by atoms with Crippen molar-refractivity contribution in [2.24, 2.45) is 0 Å². The van der Waals surface area contributed by atoms with Crippen LogP contribution < -0.4 is 4.90 Å². The fourth-order valence-electron chi connectivity index (χ4n) is 2.83. The third kappa shape index (κ3) is 3.28. The van der Waals surface area contributed by atoms with Gasteiger partial charge in [-0.3, -0.25) is 9.69 Å². The number of anilines is 1. The number of aromatic nitrogens is 1.